The van der Waals surface area contributed by atoms with Crippen molar-refractivity contribution in [3.63, 3.8) is 0 Å². The average molecular weight is 316 g/mol. The SMILES string of the molecule is CCCN(CCO)S(=O)(=O)c1ccc(N)cc1C(=O)OC. The number of rotatable bonds is 7. The van der Waals surface area contributed by atoms with Crippen molar-refractivity contribution < 1.29 is 23.1 Å². The Bertz CT molecular complexity index is 595. The molecule has 0 fully saturated rings. The number of ether oxygens (including phenoxy) is 1. The Kier molecular flexibility index (Phi) is 6.13. The third kappa shape index (κ3) is 3.93. The van der Waals surface area contributed by atoms with E-state index >= 15 is 0 Å². The number of hydrogen-bond donors (Lipinski definition) is 2. The molecule has 7 nitrogen and oxygen atoms in total. The molecule has 0 aromatic heterocycles. The fraction of sp³-hybridized carbons (Fsp3) is 0.462. The number of benzene rings is 1. The summed E-state index contributed by atoms with van der Waals surface area (Å²) >= 11 is 0. The first kappa shape index (κ1) is 17.4. The lowest BCUT2D eigenvalue weighted by Gasteiger charge is -2.22. The number of nitrogens with zero attached hydrogens (tertiary/aromatic N) is 1. The first-order valence-corrected chi connectivity index (χ1v) is 7.91. The zero-order valence-corrected chi connectivity index (χ0v) is 12.9. The summed E-state index contributed by atoms with van der Waals surface area (Å²) in [5.74, 6) is -0.777. The number of aliphatic hydroxyl groups excluding tert-OH is 1. The van der Waals surface area contributed by atoms with Crippen LogP contribution in [0.2, 0.25) is 0 Å². The van der Waals surface area contributed by atoms with Crippen molar-refractivity contribution in [2.75, 3.05) is 32.5 Å². The van der Waals surface area contributed by atoms with Crippen LogP contribution in [0.15, 0.2) is 23.1 Å². The van der Waals surface area contributed by atoms with E-state index in [1.54, 1.807) is 0 Å². The molecule has 0 atom stereocenters. The van der Waals surface area contributed by atoms with Gasteiger partial charge < -0.3 is 15.6 Å². The molecule has 0 spiro atoms. The zero-order valence-electron chi connectivity index (χ0n) is 12.1. The maximum atomic E-state index is 12.6. The van der Waals surface area contributed by atoms with E-state index in [0.717, 1.165) is 4.31 Å². The summed E-state index contributed by atoms with van der Waals surface area (Å²) < 4.78 is 31.0. The maximum absolute atomic E-state index is 12.6. The number of nitrogen functional groups attached to an aromatic ring is 1. The monoisotopic (exact) mass is 316 g/mol. The number of sulfonamides is 1. The van der Waals surface area contributed by atoms with Gasteiger partial charge >= 0.3 is 5.97 Å². The van der Waals surface area contributed by atoms with Crippen LogP contribution in [0.4, 0.5) is 5.69 Å². The van der Waals surface area contributed by atoms with Crippen LogP contribution in [0, 0.1) is 0 Å². The van der Waals surface area contributed by atoms with Gasteiger partial charge in [-0.3, -0.25) is 0 Å². The normalized spacial score (nSPS) is 11.6. The number of nitrogens with two attached hydrogens (primary N) is 1. The van der Waals surface area contributed by atoms with Gasteiger partial charge in [-0.15, -0.1) is 0 Å². The molecule has 0 unspecified atom stereocenters. The molecular weight excluding hydrogens is 296 g/mol. The minimum Gasteiger partial charge on any atom is -0.465 e. The Balaban J connectivity index is 3.39. The van der Waals surface area contributed by atoms with Crippen LogP contribution in [0.3, 0.4) is 0 Å². The zero-order chi connectivity index (χ0) is 16.0. The Morgan fingerprint density at radius 3 is 2.57 bits per heavy atom. The summed E-state index contributed by atoms with van der Waals surface area (Å²) in [6.07, 6.45) is 0.585. The van der Waals surface area contributed by atoms with Crippen LogP contribution >= 0.6 is 0 Å². The van der Waals surface area contributed by atoms with Gasteiger partial charge in [-0.05, 0) is 24.6 Å². The van der Waals surface area contributed by atoms with Gasteiger partial charge in [0.15, 0.2) is 0 Å². The molecule has 1 aromatic carbocycles. The van der Waals surface area contributed by atoms with Gasteiger partial charge in [0.2, 0.25) is 10.0 Å². The van der Waals surface area contributed by atoms with Gasteiger partial charge in [0, 0.05) is 18.8 Å². The summed E-state index contributed by atoms with van der Waals surface area (Å²) in [4.78, 5) is 11.6. The van der Waals surface area contributed by atoms with Gasteiger partial charge in [0.25, 0.3) is 0 Å². The summed E-state index contributed by atoms with van der Waals surface area (Å²) in [6.45, 7) is 1.72. The lowest BCUT2D eigenvalue weighted by Crippen LogP contribution is -2.35. The van der Waals surface area contributed by atoms with Crippen molar-refractivity contribution in [2.24, 2.45) is 0 Å². The van der Waals surface area contributed by atoms with Gasteiger partial charge in [0.1, 0.15) is 0 Å². The Hall–Kier alpha value is -1.64. The fourth-order valence-electron chi connectivity index (χ4n) is 1.89. The van der Waals surface area contributed by atoms with E-state index in [-0.39, 0.29) is 35.8 Å². The van der Waals surface area contributed by atoms with E-state index in [4.69, 9.17) is 10.8 Å². The lowest BCUT2D eigenvalue weighted by atomic mass is 10.2. The van der Waals surface area contributed by atoms with E-state index in [9.17, 15) is 13.2 Å². The van der Waals surface area contributed by atoms with Gasteiger partial charge in [-0.2, -0.15) is 4.31 Å². The Morgan fingerprint density at radius 2 is 2.05 bits per heavy atom. The van der Waals surface area contributed by atoms with E-state index in [1.807, 2.05) is 6.92 Å². The van der Waals surface area contributed by atoms with Gasteiger partial charge in [-0.25, -0.2) is 13.2 Å². The van der Waals surface area contributed by atoms with E-state index in [2.05, 4.69) is 4.74 Å². The van der Waals surface area contributed by atoms with Crippen LogP contribution in [0.25, 0.3) is 0 Å². The van der Waals surface area contributed by atoms with Crippen LogP contribution in [0.1, 0.15) is 23.7 Å². The first-order chi connectivity index (χ1) is 9.88. The third-order valence-electron chi connectivity index (χ3n) is 2.85. The summed E-state index contributed by atoms with van der Waals surface area (Å²) in [5.41, 5.74) is 5.75. The molecule has 0 radical (unpaired) electrons. The summed E-state index contributed by atoms with van der Waals surface area (Å²) in [7, 11) is -2.74. The standard InChI is InChI=1S/C13H20N2O5S/c1-3-6-15(7-8-16)21(18,19)12-5-4-10(14)9-11(12)13(17)20-2/h4-5,9,16H,3,6-8,14H2,1-2H3. The molecule has 1 rings (SSSR count). The van der Waals surface area contributed by atoms with Crippen molar-refractivity contribution >= 4 is 21.7 Å². The molecule has 0 saturated carbocycles. The lowest BCUT2D eigenvalue weighted by molar-refractivity contribution is 0.0596. The van der Waals surface area contributed by atoms with Crippen molar-refractivity contribution in [3.8, 4) is 0 Å². The van der Waals surface area contributed by atoms with Crippen molar-refractivity contribution in [2.45, 2.75) is 18.2 Å². The largest absolute Gasteiger partial charge is 0.465 e. The highest BCUT2D eigenvalue weighted by atomic mass is 32.2. The molecule has 8 heteroatoms. The molecule has 0 amide bonds. The Morgan fingerprint density at radius 1 is 1.38 bits per heavy atom. The summed E-state index contributed by atoms with van der Waals surface area (Å²) in [5, 5.41) is 9.02. The molecule has 0 aliphatic carbocycles. The topological polar surface area (TPSA) is 110 Å². The summed E-state index contributed by atoms with van der Waals surface area (Å²) in [6, 6.07) is 3.95. The fourth-order valence-corrected chi connectivity index (χ4v) is 3.58. The van der Waals surface area contributed by atoms with Crippen molar-refractivity contribution in [3.05, 3.63) is 23.8 Å². The number of anilines is 1. The van der Waals surface area contributed by atoms with Gasteiger partial charge in [-0.1, -0.05) is 6.92 Å². The second kappa shape index (κ2) is 7.39. The molecule has 0 aliphatic heterocycles. The second-order valence-corrected chi connectivity index (χ2v) is 6.28. The van der Waals surface area contributed by atoms with E-state index < -0.39 is 16.0 Å². The highest BCUT2D eigenvalue weighted by Crippen LogP contribution is 2.23. The molecule has 3 N–H and O–H groups in total. The van der Waals surface area contributed by atoms with Crippen LogP contribution < -0.4 is 5.73 Å². The molecule has 0 aliphatic rings. The van der Waals surface area contributed by atoms with Crippen LogP contribution in [-0.2, 0) is 14.8 Å². The number of hydrogen-bond acceptors (Lipinski definition) is 6. The van der Waals surface area contributed by atoms with Crippen molar-refractivity contribution in [1.29, 1.82) is 0 Å². The van der Waals surface area contributed by atoms with Crippen LogP contribution in [-0.4, -0.2) is 50.6 Å². The molecule has 0 saturated heterocycles. The number of esters is 1. The molecular formula is C13H20N2O5S. The quantitative estimate of drug-likeness (QED) is 0.558. The highest BCUT2D eigenvalue weighted by Gasteiger charge is 2.28. The Labute approximate surface area is 124 Å². The molecule has 118 valence electrons. The molecule has 1 aromatic rings. The number of carbonyl (C=O) groups excluding carboxylic acids is 1. The number of aliphatic hydroxyl groups is 1. The maximum Gasteiger partial charge on any atom is 0.339 e. The van der Waals surface area contributed by atoms with E-state index in [1.165, 1.54) is 25.3 Å². The highest BCUT2D eigenvalue weighted by molar-refractivity contribution is 7.89. The minimum absolute atomic E-state index is 0.0405. The predicted octanol–water partition coefficient (Wildman–Crippen LogP) is 0.448. The van der Waals surface area contributed by atoms with E-state index in [0.29, 0.717) is 6.42 Å². The minimum atomic E-state index is -3.91. The number of methoxy groups -OCH3 is 1. The smallest absolute Gasteiger partial charge is 0.339 e. The van der Waals surface area contributed by atoms with Gasteiger partial charge in [0.05, 0.1) is 24.2 Å². The first-order valence-electron chi connectivity index (χ1n) is 6.47. The number of carbonyl (C=O) groups is 1. The third-order valence-corrected chi connectivity index (χ3v) is 4.81. The molecule has 0 heterocycles. The molecule has 0 bridgehead atoms. The average Bonchev–Trinajstić information content (AvgIpc) is 2.45. The predicted molar refractivity (Wildman–Crippen MR) is 78.3 cm³/mol. The molecule has 21 heavy (non-hydrogen) atoms. The second-order valence-electron chi connectivity index (χ2n) is 4.37. The van der Waals surface area contributed by atoms with Crippen molar-refractivity contribution in [1.82, 2.24) is 4.31 Å². The van der Waals surface area contributed by atoms with Crippen LogP contribution in [0.5, 0.6) is 0 Å².